The number of hydrazone groups is 1. The van der Waals surface area contributed by atoms with Gasteiger partial charge in [0.15, 0.2) is 17.7 Å². The molecule has 1 aliphatic heterocycles. The molecule has 0 bridgehead atoms. The van der Waals surface area contributed by atoms with E-state index in [9.17, 15) is 35.7 Å². The summed E-state index contributed by atoms with van der Waals surface area (Å²) < 4.78 is 6.74. The summed E-state index contributed by atoms with van der Waals surface area (Å²) in [5, 5.41) is 80.4. The minimum absolute atomic E-state index is 0.0692. The molecule has 8 atom stereocenters. The molecule has 0 radical (unpaired) electrons. The van der Waals surface area contributed by atoms with Crippen molar-refractivity contribution in [2.75, 3.05) is 24.4 Å². The standard InChI is InChI=1S/C16H25N7O9/c17-13-8-14(23(4-18-8)15-12(31)11(30)7(3-25)32-15)21-16(20-13)22-19-1-5(26)9(28)10(29)6(27)2-24/h1,4-7,9-12,15,24-31H,2-3H2,(H3,17,20,21,22)/b19-1+/t5-,6+,7-,9+,10+,11-,12-,15-/m1/s1. The smallest absolute Gasteiger partial charge is 0.247 e. The van der Waals surface area contributed by atoms with Crippen LogP contribution in [0.5, 0.6) is 0 Å². The monoisotopic (exact) mass is 459 g/mol. The van der Waals surface area contributed by atoms with Crippen molar-refractivity contribution in [3.8, 4) is 0 Å². The van der Waals surface area contributed by atoms with E-state index in [4.69, 9.17) is 15.6 Å². The number of ether oxygens (including phenoxy) is 1. The van der Waals surface area contributed by atoms with Gasteiger partial charge in [0.05, 0.1) is 25.8 Å². The van der Waals surface area contributed by atoms with Gasteiger partial charge >= 0.3 is 0 Å². The van der Waals surface area contributed by atoms with Gasteiger partial charge < -0.3 is 51.3 Å². The number of hydrogen-bond acceptors (Lipinski definition) is 15. The predicted molar refractivity (Wildman–Crippen MR) is 106 cm³/mol. The highest BCUT2D eigenvalue weighted by Crippen LogP contribution is 2.32. The Bertz CT molecular complexity index is 944. The number of nitrogens with two attached hydrogens (primary N) is 1. The van der Waals surface area contributed by atoms with Crippen molar-refractivity contribution in [1.29, 1.82) is 0 Å². The van der Waals surface area contributed by atoms with Crippen molar-refractivity contribution in [3.63, 3.8) is 0 Å². The summed E-state index contributed by atoms with van der Waals surface area (Å²) in [6.45, 7) is -1.34. The minimum Gasteiger partial charge on any atom is -0.394 e. The molecule has 0 amide bonds. The molecule has 32 heavy (non-hydrogen) atoms. The maximum Gasteiger partial charge on any atom is 0.247 e. The molecule has 0 spiro atoms. The summed E-state index contributed by atoms with van der Waals surface area (Å²) >= 11 is 0. The number of nitrogens with one attached hydrogen (secondary N) is 1. The molecule has 0 saturated carbocycles. The SMILES string of the molecule is Nc1nc(N/N=C/[C@@H](O)[C@H](O)[C@@H](O)[C@@H](O)CO)nc2c1ncn2[C@@H]1O[C@H](CO)[C@@H](O)[C@H]1O. The van der Waals surface area contributed by atoms with E-state index in [-0.39, 0.29) is 22.9 Å². The first-order valence-electron chi connectivity index (χ1n) is 9.44. The molecule has 3 rings (SSSR count). The Morgan fingerprint density at radius 2 is 1.88 bits per heavy atom. The largest absolute Gasteiger partial charge is 0.394 e. The number of anilines is 2. The van der Waals surface area contributed by atoms with Gasteiger partial charge in [-0.15, -0.1) is 0 Å². The zero-order valence-corrected chi connectivity index (χ0v) is 16.5. The topological polar surface area (TPSA) is 265 Å². The van der Waals surface area contributed by atoms with Gasteiger partial charge in [0.1, 0.15) is 48.2 Å². The van der Waals surface area contributed by atoms with Gasteiger partial charge in [0.25, 0.3) is 0 Å². The lowest BCUT2D eigenvalue weighted by molar-refractivity contribution is -0.0999. The van der Waals surface area contributed by atoms with Gasteiger partial charge in [-0.3, -0.25) is 4.57 Å². The van der Waals surface area contributed by atoms with Crippen LogP contribution in [-0.4, -0.2) is 123 Å². The Morgan fingerprint density at radius 1 is 1.16 bits per heavy atom. The van der Waals surface area contributed by atoms with Crippen molar-refractivity contribution in [2.24, 2.45) is 5.10 Å². The molecule has 11 N–H and O–H groups in total. The molecule has 0 unspecified atom stereocenters. The number of hydrogen-bond donors (Lipinski definition) is 10. The second kappa shape index (κ2) is 9.94. The van der Waals surface area contributed by atoms with Crippen molar-refractivity contribution >= 4 is 29.1 Å². The van der Waals surface area contributed by atoms with Crippen molar-refractivity contribution < 1.29 is 45.6 Å². The van der Waals surface area contributed by atoms with Crippen LogP contribution in [0.1, 0.15) is 6.23 Å². The third-order valence-corrected chi connectivity index (χ3v) is 4.91. The molecule has 3 heterocycles. The number of imidazole rings is 1. The lowest BCUT2D eigenvalue weighted by Crippen LogP contribution is -2.46. The third-order valence-electron chi connectivity index (χ3n) is 4.91. The van der Waals surface area contributed by atoms with Crippen LogP contribution in [0.25, 0.3) is 11.2 Å². The summed E-state index contributed by atoms with van der Waals surface area (Å²) in [4.78, 5) is 12.1. The zero-order valence-electron chi connectivity index (χ0n) is 16.5. The number of nitrogen functional groups attached to an aromatic ring is 1. The number of aromatic nitrogens is 4. The number of fused-ring (bicyclic) bond motifs is 1. The van der Waals surface area contributed by atoms with E-state index < -0.39 is 62.2 Å². The molecule has 2 aromatic rings. The highest BCUT2D eigenvalue weighted by molar-refractivity contribution is 5.83. The Balaban J connectivity index is 1.78. The van der Waals surface area contributed by atoms with Gasteiger partial charge in [0.2, 0.25) is 5.95 Å². The van der Waals surface area contributed by atoms with E-state index in [0.29, 0.717) is 0 Å². The molecule has 0 aliphatic carbocycles. The average molecular weight is 459 g/mol. The van der Waals surface area contributed by atoms with Crippen LogP contribution in [0, 0.1) is 0 Å². The Morgan fingerprint density at radius 3 is 2.50 bits per heavy atom. The molecule has 16 heteroatoms. The summed E-state index contributed by atoms with van der Waals surface area (Å²) in [7, 11) is 0. The lowest BCUT2D eigenvalue weighted by Gasteiger charge is -2.23. The summed E-state index contributed by atoms with van der Waals surface area (Å²) in [6, 6.07) is 0. The molecule has 1 aliphatic rings. The first-order chi connectivity index (χ1) is 15.2. The van der Waals surface area contributed by atoms with E-state index in [2.05, 4.69) is 25.5 Å². The molecule has 1 fully saturated rings. The molecular formula is C16H25N7O9. The van der Waals surface area contributed by atoms with Crippen LogP contribution in [0.2, 0.25) is 0 Å². The van der Waals surface area contributed by atoms with Crippen molar-refractivity contribution in [3.05, 3.63) is 6.33 Å². The number of rotatable bonds is 9. The Kier molecular flexibility index (Phi) is 7.49. The highest BCUT2D eigenvalue weighted by atomic mass is 16.6. The molecule has 1 saturated heterocycles. The number of aliphatic hydroxyl groups is 8. The first kappa shape index (κ1) is 24.1. The molecular weight excluding hydrogens is 434 g/mol. The summed E-state index contributed by atoms with van der Waals surface area (Å²) in [6.07, 6.45) is -9.84. The maximum absolute atomic E-state index is 10.2. The predicted octanol–water partition coefficient (Wildman–Crippen LogP) is -5.15. The van der Waals surface area contributed by atoms with E-state index >= 15 is 0 Å². The van der Waals surface area contributed by atoms with Crippen LogP contribution in [0.3, 0.4) is 0 Å². The highest BCUT2D eigenvalue weighted by Gasteiger charge is 2.44. The van der Waals surface area contributed by atoms with Crippen LogP contribution in [-0.2, 0) is 4.74 Å². The van der Waals surface area contributed by atoms with Crippen molar-refractivity contribution in [2.45, 2.75) is 49.0 Å². The van der Waals surface area contributed by atoms with Crippen LogP contribution in [0.15, 0.2) is 11.4 Å². The van der Waals surface area contributed by atoms with Crippen LogP contribution >= 0.6 is 0 Å². The molecule has 178 valence electrons. The maximum atomic E-state index is 10.2. The summed E-state index contributed by atoms with van der Waals surface area (Å²) in [5.41, 5.74) is 8.49. The summed E-state index contributed by atoms with van der Waals surface area (Å²) in [5.74, 6) is -0.238. The van der Waals surface area contributed by atoms with Gasteiger partial charge in [0, 0.05) is 0 Å². The zero-order chi connectivity index (χ0) is 23.6. The Hall–Kier alpha value is -2.54. The van der Waals surface area contributed by atoms with Gasteiger partial charge in [-0.05, 0) is 0 Å². The van der Waals surface area contributed by atoms with E-state index in [1.165, 1.54) is 10.9 Å². The number of aliphatic hydroxyl groups excluding tert-OH is 8. The van der Waals surface area contributed by atoms with Crippen LogP contribution in [0.4, 0.5) is 11.8 Å². The van der Waals surface area contributed by atoms with E-state index in [1.54, 1.807) is 0 Å². The second-order valence-corrected chi connectivity index (χ2v) is 7.10. The first-order valence-corrected chi connectivity index (χ1v) is 9.44. The van der Waals surface area contributed by atoms with Crippen LogP contribution < -0.4 is 11.2 Å². The molecule has 2 aromatic heterocycles. The van der Waals surface area contributed by atoms with E-state index in [0.717, 1.165) is 6.21 Å². The average Bonchev–Trinajstić information content (AvgIpc) is 3.33. The van der Waals surface area contributed by atoms with Gasteiger partial charge in [-0.2, -0.15) is 15.1 Å². The third kappa shape index (κ3) is 4.63. The fraction of sp³-hybridized carbons (Fsp3) is 0.625. The quantitative estimate of drug-likeness (QED) is 0.124. The fourth-order valence-corrected chi connectivity index (χ4v) is 3.08. The molecule has 0 aromatic carbocycles. The second-order valence-electron chi connectivity index (χ2n) is 7.10. The minimum atomic E-state index is -1.84. The van der Waals surface area contributed by atoms with Gasteiger partial charge in [-0.25, -0.2) is 10.4 Å². The Labute approximate surface area is 179 Å². The van der Waals surface area contributed by atoms with Crippen molar-refractivity contribution in [1.82, 2.24) is 19.5 Å². The van der Waals surface area contributed by atoms with E-state index in [1.807, 2.05) is 0 Å². The fourth-order valence-electron chi connectivity index (χ4n) is 3.08. The number of nitrogens with zero attached hydrogens (tertiary/aromatic N) is 5. The normalized spacial score (nSPS) is 27.6. The van der Waals surface area contributed by atoms with Gasteiger partial charge in [-0.1, -0.05) is 0 Å². The lowest BCUT2D eigenvalue weighted by atomic mass is 10.0. The molecule has 16 nitrogen and oxygen atoms in total.